The molecule has 0 spiro atoms. The summed E-state index contributed by atoms with van der Waals surface area (Å²) in [7, 11) is 0. The quantitative estimate of drug-likeness (QED) is 0.849. The van der Waals surface area contributed by atoms with Crippen molar-refractivity contribution in [3.8, 4) is 0 Å². The Bertz CT molecular complexity index is 689. The molecule has 2 aliphatic rings. The van der Waals surface area contributed by atoms with Gasteiger partial charge < -0.3 is 15.3 Å². The van der Waals surface area contributed by atoms with Crippen LogP contribution in [0.2, 0.25) is 0 Å². The second-order valence-electron chi connectivity index (χ2n) is 6.39. The molecule has 0 radical (unpaired) electrons. The Hall–Kier alpha value is -2.33. The van der Waals surface area contributed by atoms with Crippen LogP contribution in [0.3, 0.4) is 0 Å². The Labute approximate surface area is 135 Å². The Morgan fingerprint density at radius 3 is 2.09 bits per heavy atom. The molecule has 4 heteroatoms. The van der Waals surface area contributed by atoms with Crippen LogP contribution in [-0.2, 0) is 12.8 Å². The van der Waals surface area contributed by atoms with E-state index in [-0.39, 0.29) is 24.2 Å². The number of amides is 2. The van der Waals surface area contributed by atoms with E-state index in [1.807, 2.05) is 48.5 Å². The van der Waals surface area contributed by atoms with E-state index in [2.05, 4.69) is 17.4 Å². The summed E-state index contributed by atoms with van der Waals surface area (Å²) in [5.41, 5.74) is 2.33. The van der Waals surface area contributed by atoms with Crippen molar-refractivity contribution in [3.63, 3.8) is 0 Å². The van der Waals surface area contributed by atoms with Crippen LogP contribution >= 0.6 is 0 Å². The fourth-order valence-corrected chi connectivity index (χ4v) is 3.65. The first-order chi connectivity index (χ1) is 11.2. The summed E-state index contributed by atoms with van der Waals surface area (Å²) >= 11 is 0. The summed E-state index contributed by atoms with van der Waals surface area (Å²) in [4.78, 5) is 14.1. The zero-order chi connectivity index (χ0) is 15.8. The average Bonchev–Trinajstić information content (AvgIpc) is 3.29. The largest absolute Gasteiger partial charge is 0.389 e. The molecular weight excluding hydrogens is 288 g/mol. The highest BCUT2D eigenvalue weighted by molar-refractivity contribution is 5.80. The van der Waals surface area contributed by atoms with E-state index < -0.39 is 6.10 Å². The molecule has 4 nitrogen and oxygen atoms in total. The summed E-state index contributed by atoms with van der Waals surface area (Å²) in [5, 5.41) is 13.6. The first kappa shape index (κ1) is 14.3. The summed E-state index contributed by atoms with van der Waals surface area (Å²) < 4.78 is 0. The van der Waals surface area contributed by atoms with E-state index in [9.17, 15) is 9.90 Å². The molecule has 2 heterocycles. The summed E-state index contributed by atoms with van der Waals surface area (Å²) in [6.45, 7) is 0. The highest BCUT2D eigenvalue weighted by Gasteiger charge is 2.59. The minimum atomic E-state index is -0.526. The number of hydrogen-bond donors (Lipinski definition) is 2. The van der Waals surface area contributed by atoms with Gasteiger partial charge in [0.15, 0.2) is 0 Å². The monoisotopic (exact) mass is 308 g/mol. The Morgan fingerprint density at radius 1 is 0.913 bits per heavy atom. The molecule has 4 rings (SSSR count). The predicted octanol–water partition coefficient (Wildman–Crippen LogP) is 1.98. The maximum Gasteiger partial charge on any atom is 0.318 e. The first-order valence-corrected chi connectivity index (χ1v) is 8.09. The number of fused-ring (bicyclic) bond motifs is 1. The predicted molar refractivity (Wildman–Crippen MR) is 88.0 cm³/mol. The van der Waals surface area contributed by atoms with Crippen molar-refractivity contribution < 1.29 is 9.90 Å². The molecule has 2 saturated heterocycles. The SMILES string of the molecule is O=C1N[C@H](Cc2ccccc2)[C@H](O)[C@H]2C(Cc3ccccc3)N12. The lowest BCUT2D eigenvalue weighted by molar-refractivity contribution is 0.0964. The third-order valence-corrected chi connectivity index (χ3v) is 4.87. The van der Waals surface area contributed by atoms with E-state index in [4.69, 9.17) is 0 Å². The first-order valence-electron chi connectivity index (χ1n) is 8.09. The lowest BCUT2D eigenvalue weighted by atomic mass is 9.96. The van der Waals surface area contributed by atoms with Crippen LogP contribution in [-0.4, -0.2) is 40.3 Å². The van der Waals surface area contributed by atoms with E-state index in [0.29, 0.717) is 6.42 Å². The van der Waals surface area contributed by atoms with Gasteiger partial charge in [-0.2, -0.15) is 0 Å². The molecule has 0 saturated carbocycles. The lowest BCUT2D eigenvalue weighted by Crippen LogP contribution is -2.54. The van der Waals surface area contributed by atoms with Crippen LogP contribution in [0.4, 0.5) is 4.79 Å². The van der Waals surface area contributed by atoms with Crippen LogP contribution in [0.5, 0.6) is 0 Å². The van der Waals surface area contributed by atoms with E-state index in [1.165, 1.54) is 5.56 Å². The Balaban J connectivity index is 1.46. The normalized spacial score (nSPS) is 28.9. The van der Waals surface area contributed by atoms with Crippen molar-refractivity contribution in [3.05, 3.63) is 71.8 Å². The Morgan fingerprint density at radius 2 is 1.48 bits per heavy atom. The number of benzene rings is 2. The number of nitrogens with one attached hydrogen (secondary N) is 1. The molecule has 2 fully saturated rings. The van der Waals surface area contributed by atoms with E-state index >= 15 is 0 Å². The van der Waals surface area contributed by atoms with Gasteiger partial charge in [-0.1, -0.05) is 60.7 Å². The molecule has 2 aliphatic heterocycles. The van der Waals surface area contributed by atoms with Gasteiger partial charge in [0.25, 0.3) is 0 Å². The molecule has 2 N–H and O–H groups in total. The minimum absolute atomic E-state index is 0.0536. The molecule has 0 aromatic heterocycles. The fraction of sp³-hybridized carbons (Fsp3) is 0.316. The Kier molecular flexibility index (Phi) is 3.54. The number of urea groups is 1. The lowest BCUT2D eigenvalue weighted by Gasteiger charge is -2.28. The molecule has 4 atom stereocenters. The van der Waals surface area contributed by atoms with Gasteiger partial charge in [0.1, 0.15) is 0 Å². The summed E-state index contributed by atoms with van der Waals surface area (Å²) in [5.74, 6) is 0. The van der Waals surface area contributed by atoms with E-state index in [0.717, 1.165) is 12.0 Å². The van der Waals surface area contributed by atoms with Crippen LogP contribution < -0.4 is 5.32 Å². The summed E-state index contributed by atoms with van der Waals surface area (Å²) in [6.07, 6.45) is 0.936. The zero-order valence-corrected chi connectivity index (χ0v) is 12.8. The molecule has 0 bridgehead atoms. The summed E-state index contributed by atoms with van der Waals surface area (Å²) in [6, 6.07) is 19.9. The number of rotatable bonds is 4. The molecule has 2 aromatic rings. The third kappa shape index (κ3) is 2.70. The number of aliphatic hydroxyl groups excluding tert-OH is 1. The molecule has 2 amide bonds. The molecular formula is C19H20N2O2. The van der Waals surface area contributed by atoms with Gasteiger partial charge in [0.05, 0.1) is 24.2 Å². The van der Waals surface area contributed by atoms with Gasteiger partial charge in [-0.25, -0.2) is 4.79 Å². The van der Waals surface area contributed by atoms with Gasteiger partial charge in [-0.3, -0.25) is 0 Å². The van der Waals surface area contributed by atoms with Crippen LogP contribution in [0, 0.1) is 0 Å². The standard InChI is InChI=1S/C19H20N2O2/c22-18-15(11-13-7-3-1-4-8-13)20-19(23)21-16(17(18)21)12-14-9-5-2-6-10-14/h1-10,15-18,22H,11-12H2,(H,20,23)/t15-,16?,17-,18+,21?/m1/s1. The fourth-order valence-electron chi connectivity index (χ4n) is 3.65. The van der Waals surface area contributed by atoms with Crippen molar-refractivity contribution >= 4 is 6.03 Å². The van der Waals surface area contributed by atoms with Gasteiger partial charge in [-0.15, -0.1) is 0 Å². The number of carbonyl (C=O) groups is 1. The average molecular weight is 308 g/mol. The van der Waals surface area contributed by atoms with Gasteiger partial charge in [-0.05, 0) is 24.0 Å². The number of carbonyl (C=O) groups excluding carboxylic acids is 1. The van der Waals surface area contributed by atoms with Gasteiger partial charge in [0.2, 0.25) is 0 Å². The number of nitrogens with zero attached hydrogens (tertiary/aromatic N) is 1. The second kappa shape index (κ2) is 5.70. The number of aliphatic hydroxyl groups is 1. The third-order valence-electron chi connectivity index (χ3n) is 4.87. The van der Waals surface area contributed by atoms with Gasteiger partial charge in [0, 0.05) is 0 Å². The highest BCUT2D eigenvalue weighted by Crippen LogP contribution is 2.38. The maximum absolute atomic E-state index is 12.3. The topological polar surface area (TPSA) is 52.3 Å². The van der Waals surface area contributed by atoms with Crippen LogP contribution in [0.15, 0.2) is 60.7 Å². The molecule has 0 aliphatic carbocycles. The van der Waals surface area contributed by atoms with Crippen molar-refractivity contribution in [1.29, 1.82) is 0 Å². The maximum atomic E-state index is 12.3. The van der Waals surface area contributed by atoms with Crippen molar-refractivity contribution in [2.45, 2.75) is 37.1 Å². The minimum Gasteiger partial charge on any atom is -0.389 e. The molecule has 1 unspecified atom stereocenters. The smallest absolute Gasteiger partial charge is 0.318 e. The van der Waals surface area contributed by atoms with Crippen LogP contribution in [0.1, 0.15) is 11.1 Å². The second-order valence-corrected chi connectivity index (χ2v) is 6.39. The van der Waals surface area contributed by atoms with Crippen molar-refractivity contribution in [2.75, 3.05) is 0 Å². The zero-order valence-electron chi connectivity index (χ0n) is 12.8. The van der Waals surface area contributed by atoms with Crippen molar-refractivity contribution in [1.82, 2.24) is 10.2 Å². The van der Waals surface area contributed by atoms with Crippen LogP contribution in [0.25, 0.3) is 0 Å². The van der Waals surface area contributed by atoms with Gasteiger partial charge >= 0.3 is 6.03 Å². The molecule has 118 valence electrons. The number of hydrogen-bond acceptors (Lipinski definition) is 2. The molecule has 2 aromatic carbocycles. The van der Waals surface area contributed by atoms with Crippen molar-refractivity contribution in [2.24, 2.45) is 0 Å². The molecule has 23 heavy (non-hydrogen) atoms. The highest BCUT2D eigenvalue weighted by atomic mass is 16.3. The van der Waals surface area contributed by atoms with E-state index in [1.54, 1.807) is 4.90 Å².